The lowest BCUT2D eigenvalue weighted by atomic mass is 9.92. The number of carbonyl (C=O) groups is 3. The van der Waals surface area contributed by atoms with Gasteiger partial charge in [0, 0.05) is 45.3 Å². The summed E-state index contributed by atoms with van der Waals surface area (Å²) in [5, 5.41) is 6.85. The molecule has 6 aromatic rings. The quantitative estimate of drug-likeness (QED) is 0.114. The molecule has 1 unspecified atom stereocenters. The number of ether oxygens (including phenoxy) is 2. The number of pyridine rings is 1. The van der Waals surface area contributed by atoms with Gasteiger partial charge in [0.25, 0.3) is 5.91 Å². The fourth-order valence-electron chi connectivity index (χ4n) is 7.01. The fraction of sp³-hybridized carbons (Fsp3) is 0.268. The van der Waals surface area contributed by atoms with Crippen LogP contribution in [0.25, 0.3) is 49.5 Å². The summed E-state index contributed by atoms with van der Waals surface area (Å²) >= 11 is 0. The number of aromatic nitrogens is 2. The normalized spacial score (nSPS) is 16.9. The number of primary amides is 1. The molecule has 1 aliphatic carbocycles. The lowest BCUT2D eigenvalue weighted by Gasteiger charge is -2.30. The van der Waals surface area contributed by atoms with Crippen LogP contribution in [0, 0.1) is 0 Å². The molecule has 1 saturated carbocycles. The van der Waals surface area contributed by atoms with Gasteiger partial charge in [-0.25, -0.2) is 9.59 Å². The number of hydrogen-bond acceptors (Lipinski definition) is 8. The fourth-order valence-corrected chi connectivity index (χ4v) is 7.01. The number of carbonyl (C=O) groups excluding carboxylic acids is 3. The first-order valence-corrected chi connectivity index (χ1v) is 17.2. The zero-order valence-electron chi connectivity index (χ0n) is 28.9. The van der Waals surface area contributed by atoms with Gasteiger partial charge < -0.3 is 30.8 Å². The molecule has 260 valence electrons. The summed E-state index contributed by atoms with van der Waals surface area (Å²) in [4.78, 5) is 42.2. The number of rotatable bonds is 8. The lowest BCUT2D eigenvalue weighted by Crippen LogP contribution is -2.45. The van der Waals surface area contributed by atoms with Crippen molar-refractivity contribution in [2.45, 2.75) is 70.2 Å². The number of esters is 2. The van der Waals surface area contributed by atoms with Gasteiger partial charge >= 0.3 is 11.9 Å². The maximum Gasteiger partial charge on any atom is 0.335 e. The molecule has 51 heavy (non-hydrogen) atoms. The van der Waals surface area contributed by atoms with Gasteiger partial charge in [0.15, 0.2) is 0 Å². The minimum atomic E-state index is -1.50. The smallest absolute Gasteiger partial charge is 0.335 e. The first-order valence-electron chi connectivity index (χ1n) is 17.2. The first-order chi connectivity index (χ1) is 24.5. The van der Waals surface area contributed by atoms with E-state index in [1.165, 1.54) is 0 Å². The van der Waals surface area contributed by atoms with Gasteiger partial charge in [0.1, 0.15) is 11.7 Å². The lowest BCUT2D eigenvalue weighted by molar-refractivity contribution is -0.166. The zero-order valence-corrected chi connectivity index (χ0v) is 28.9. The average Bonchev–Trinajstić information content (AvgIpc) is 3.45. The summed E-state index contributed by atoms with van der Waals surface area (Å²) in [5.41, 5.74) is 17.9. The second-order valence-electron chi connectivity index (χ2n) is 14.1. The standard InChI is InChI=1S/C41H41N5O5/c1-41(2,3)51-40(49)37(42)39(48)50-28-18-15-26(16-19-28)45-33-22-27(17-20-30(33)38(43)47)46-34-13-7-5-10-31(34)36-29(11-8-14-35(36)46)25-21-24-9-4-6-12-32(24)44-23-25/h4-14,17,20-23,26,28,37,45H,15-16,18-19,42H2,1-3H3,(H2,43,47). The van der Waals surface area contributed by atoms with Gasteiger partial charge in [-0.3, -0.25) is 9.78 Å². The zero-order chi connectivity index (χ0) is 35.9. The van der Waals surface area contributed by atoms with Crippen LogP contribution < -0.4 is 16.8 Å². The number of para-hydroxylation sites is 2. The molecule has 0 radical (unpaired) electrons. The van der Waals surface area contributed by atoms with E-state index < -0.39 is 29.5 Å². The van der Waals surface area contributed by atoms with Gasteiger partial charge in [-0.15, -0.1) is 0 Å². The molecule has 10 heteroatoms. The van der Waals surface area contributed by atoms with Gasteiger partial charge in [0.05, 0.1) is 22.1 Å². The second kappa shape index (κ2) is 13.5. The van der Waals surface area contributed by atoms with E-state index in [4.69, 9.17) is 25.9 Å². The van der Waals surface area contributed by atoms with E-state index in [2.05, 4.69) is 52.3 Å². The predicted octanol–water partition coefficient (Wildman–Crippen LogP) is 7.03. The molecule has 0 spiro atoms. The molecule has 4 aromatic carbocycles. The Morgan fingerprint density at radius 3 is 2.35 bits per heavy atom. The van der Waals surface area contributed by atoms with Crippen molar-refractivity contribution in [3.05, 3.63) is 103 Å². The predicted molar refractivity (Wildman–Crippen MR) is 200 cm³/mol. The number of nitrogens with zero attached hydrogens (tertiary/aromatic N) is 2. The van der Waals surface area contributed by atoms with E-state index >= 15 is 0 Å². The molecular weight excluding hydrogens is 642 g/mol. The largest absolute Gasteiger partial charge is 0.461 e. The highest BCUT2D eigenvalue weighted by Crippen LogP contribution is 2.39. The molecular formula is C41H41N5O5. The highest BCUT2D eigenvalue weighted by Gasteiger charge is 2.32. The Morgan fingerprint density at radius 2 is 1.59 bits per heavy atom. The van der Waals surface area contributed by atoms with Gasteiger partial charge in [0.2, 0.25) is 6.04 Å². The monoisotopic (exact) mass is 683 g/mol. The van der Waals surface area contributed by atoms with Crippen molar-refractivity contribution in [2.24, 2.45) is 11.5 Å². The topological polar surface area (TPSA) is 152 Å². The number of nitrogens with one attached hydrogen (secondary N) is 1. The van der Waals surface area contributed by atoms with Crippen LogP contribution in [0.1, 0.15) is 56.8 Å². The van der Waals surface area contributed by atoms with Gasteiger partial charge in [-0.1, -0.05) is 48.5 Å². The van der Waals surface area contributed by atoms with Crippen molar-refractivity contribution in [3.8, 4) is 16.8 Å². The molecule has 5 N–H and O–H groups in total. The Labute approximate surface area is 295 Å². The van der Waals surface area contributed by atoms with E-state index in [0.717, 1.165) is 49.5 Å². The number of amides is 1. The molecule has 10 nitrogen and oxygen atoms in total. The van der Waals surface area contributed by atoms with E-state index in [9.17, 15) is 14.4 Å². The molecule has 2 heterocycles. The van der Waals surface area contributed by atoms with Gasteiger partial charge in [-0.05, 0) is 94.5 Å². The van der Waals surface area contributed by atoms with Crippen molar-refractivity contribution in [1.29, 1.82) is 0 Å². The molecule has 2 aromatic heterocycles. The maximum atomic E-state index is 12.6. The minimum absolute atomic E-state index is 0.00186. The molecule has 1 aliphatic rings. The minimum Gasteiger partial charge on any atom is -0.461 e. The summed E-state index contributed by atoms with van der Waals surface area (Å²) in [5.74, 6) is -2.14. The van der Waals surface area contributed by atoms with Crippen molar-refractivity contribution >= 4 is 56.2 Å². The number of anilines is 1. The van der Waals surface area contributed by atoms with Crippen LogP contribution in [-0.4, -0.2) is 51.2 Å². The second-order valence-corrected chi connectivity index (χ2v) is 14.1. The van der Waals surface area contributed by atoms with Crippen molar-refractivity contribution in [2.75, 3.05) is 5.32 Å². The highest BCUT2D eigenvalue weighted by atomic mass is 16.6. The average molecular weight is 684 g/mol. The molecule has 7 rings (SSSR count). The number of benzene rings is 4. The number of hydrogen-bond donors (Lipinski definition) is 3. The molecule has 0 aliphatic heterocycles. The highest BCUT2D eigenvalue weighted by molar-refractivity contribution is 6.16. The SMILES string of the molecule is CC(C)(C)OC(=O)C(N)C(=O)OC1CCC(Nc2cc(-n3c4ccccc4c4c(-c5cnc6ccccc6c5)cccc43)ccc2C(N)=O)CC1. The third-order valence-electron chi connectivity index (χ3n) is 9.36. The molecule has 1 atom stereocenters. The van der Waals surface area contributed by atoms with Crippen LogP contribution in [-0.2, 0) is 19.1 Å². The van der Waals surface area contributed by atoms with E-state index in [1.807, 2.05) is 48.7 Å². The van der Waals surface area contributed by atoms with Crippen LogP contribution in [0.4, 0.5) is 5.69 Å². The summed E-state index contributed by atoms with van der Waals surface area (Å²) in [6.45, 7) is 5.13. The van der Waals surface area contributed by atoms with E-state index in [-0.39, 0.29) is 12.1 Å². The third kappa shape index (κ3) is 6.87. The Balaban J connectivity index is 1.16. The van der Waals surface area contributed by atoms with E-state index in [0.29, 0.717) is 36.9 Å². The molecule has 0 bridgehead atoms. The van der Waals surface area contributed by atoms with Crippen LogP contribution in [0.3, 0.4) is 0 Å². The summed E-state index contributed by atoms with van der Waals surface area (Å²) in [6, 6.07) is 29.0. The molecule has 1 amide bonds. The Kier molecular flexibility index (Phi) is 8.95. The molecule has 0 saturated heterocycles. The van der Waals surface area contributed by atoms with Gasteiger partial charge in [-0.2, -0.15) is 0 Å². The Bertz CT molecular complexity index is 2300. The summed E-state index contributed by atoms with van der Waals surface area (Å²) < 4.78 is 13.0. The van der Waals surface area contributed by atoms with E-state index in [1.54, 1.807) is 26.8 Å². The summed E-state index contributed by atoms with van der Waals surface area (Å²) in [7, 11) is 0. The number of fused-ring (bicyclic) bond motifs is 4. The van der Waals surface area contributed by atoms with Crippen molar-refractivity contribution < 1.29 is 23.9 Å². The van der Waals surface area contributed by atoms with Crippen LogP contribution in [0.5, 0.6) is 0 Å². The van der Waals surface area contributed by atoms with Crippen LogP contribution in [0.15, 0.2) is 97.2 Å². The van der Waals surface area contributed by atoms with Crippen molar-refractivity contribution in [3.63, 3.8) is 0 Å². The molecule has 1 fully saturated rings. The Hall–Kier alpha value is -5.74. The number of nitrogens with two attached hydrogens (primary N) is 2. The van der Waals surface area contributed by atoms with Crippen LogP contribution >= 0.6 is 0 Å². The van der Waals surface area contributed by atoms with Crippen LogP contribution in [0.2, 0.25) is 0 Å². The van der Waals surface area contributed by atoms with Crippen molar-refractivity contribution in [1.82, 2.24) is 9.55 Å². The Morgan fingerprint density at radius 1 is 0.863 bits per heavy atom. The third-order valence-corrected chi connectivity index (χ3v) is 9.36. The first kappa shape index (κ1) is 33.7. The maximum absolute atomic E-state index is 12.6. The summed E-state index contributed by atoms with van der Waals surface area (Å²) in [6.07, 6.45) is 4.01.